The van der Waals surface area contributed by atoms with Gasteiger partial charge in [0.05, 0.1) is 6.04 Å². The van der Waals surface area contributed by atoms with Crippen LogP contribution in [-0.4, -0.2) is 39.3 Å². The molecule has 1 N–H and O–H groups in total. The first-order valence-corrected chi connectivity index (χ1v) is 14.9. The third-order valence-electron chi connectivity index (χ3n) is 8.21. The smallest absolute Gasteiger partial charge is 0.331 e. The van der Waals surface area contributed by atoms with Gasteiger partial charge in [-0.15, -0.1) is 0 Å². The van der Waals surface area contributed by atoms with Gasteiger partial charge in [-0.1, -0.05) is 85.8 Å². The van der Waals surface area contributed by atoms with Crippen molar-refractivity contribution in [3.8, 4) is 0 Å². The Hall–Kier alpha value is -2.11. The minimum absolute atomic E-state index is 0.0580. The van der Waals surface area contributed by atoms with Gasteiger partial charge in [0.1, 0.15) is 11.4 Å². The van der Waals surface area contributed by atoms with Crippen LogP contribution in [0, 0.1) is 11.3 Å². The van der Waals surface area contributed by atoms with Crippen molar-refractivity contribution in [3.05, 3.63) is 56.7 Å². The summed E-state index contributed by atoms with van der Waals surface area (Å²) >= 11 is 12.8. The first kappa shape index (κ1) is 31.4. The van der Waals surface area contributed by atoms with Crippen LogP contribution in [0.5, 0.6) is 0 Å². The lowest BCUT2D eigenvalue weighted by molar-refractivity contribution is -0.133. The molecule has 5 nitrogen and oxygen atoms in total. The van der Waals surface area contributed by atoms with E-state index >= 15 is 0 Å². The second kappa shape index (κ2) is 12.6. The van der Waals surface area contributed by atoms with Crippen molar-refractivity contribution >= 4 is 40.8 Å². The van der Waals surface area contributed by atoms with E-state index in [0.29, 0.717) is 34.2 Å². The Labute approximate surface area is 244 Å². The maximum Gasteiger partial charge on any atom is 0.331 e. The Bertz CT molecular complexity index is 1170. The quantitative estimate of drug-likeness (QED) is 0.179. The number of halogens is 2. The lowest BCUT2D eigenvalue weighted by Gasteiger charge is -2.45. The van der Waals surface area contributed by atoms with E-state index in [0.717, 1.165) is 44.1 Å². The minimum atomic E-state index is -0.917. The Balaban J connectivity index is 2.11. The van der Waals surface area contributed by atoms with Crippen molar-refractivity contribution in [2.24, 2.45) is 16.3 Å². The number of amides is 1. The van der Waals surface area contributed by atoms with Gasteiger partial charge in [-0.05, 0) is 83.6 Å². The fourth-order valence-corrected chi connectivity index (χ4v) is 6.45. The number of carbonyl (C=O) groups is 2. The van der Waals surface area contributed by atoms with Crippen LogP contribution in [0.25, 0.3) is 0 Å². The fraction of sp³-hybridized carbons (Fsp3) is 0.594. The van der Waals surface area contributed by atoms with Gasteiger partial charge in [0.15, 0.2) is 0 Å². The second-order valence-electron chi connectivity index (χ2n) is 12.6. The molecular formula is C32H44Cl2N2O3. The van der Waals surface area contributed by atoms with Crippen molar-refractivity contribution in [1.29, 1.82) is 0 Å². The summed E-state index contributed by atoms with van der Waals surface area (Å²) in [4.78, 5) is 33.3. The summed E-state index contributed by atoms with van der Waals surface area (Å²) in [6.45, 7) is 14.8. The second-order valence-corrected chi connectivity index (χ2v) is 13.5. The Morgan fingerprint density at radius 2 is 1.85 bits per heavy atom. The minimum Gasteiger partial charge on any atom is -0.478 e. The molecule has 0 aromatic rings. The van der Waals surface area contributed by atoms with Crippen molar-refractivity contribution in [3.63, 3.8) is 0 Å². The Morgan fingerprint density at radius 3 is 2.36 bits per heavy atom. The zero-order chi connectivity index (χ0) is 29.1. The first-order valence-electron chi connectivity index (χ1n) is 14.1. The van der Waals surface area contributed by atoms with E-state index < -0.39 is 11.6 Å². The van der Waals surface area contributed by atoms with E-state index in [1.165, 1.54) is 11.1 Å². The van der Waals surface area contributed by atoms with Gasteiger partial charge < -0.3 is 10.0 Å². The summed E-state index contributed by atoms with van der Waals surface area (Å²) in [7, 11) is 0. The number of carboxylic acids is 1. The van der Waals surface area contributed by atoms with Gasteiger partial charge in [-0.25, -0.2) is 4.79 Å². The summed E-state index contributed by atoms with van der Waals surface area (Å²) in [6.07, 6.45) is 13.1. The first-order chi connectivity index (χ1) is 18.2. The van der Waals surface area contributed by atoms with E-state index in [1.807, 2.05) is 30.9 Å². The number of carboxylic acid groups (broad SMARTS) is 1. The molecule has 3 rings (SSSR count). The summed E-state index contributed by atoms with van der Waals surface area (Å²) < 4.78 is 0. The number of carbonyl (C=O) groups excluding carboxylic acids is 1. The highest BCUT2D eigenvalue weighted by molar-refractivity contribution is 6.43. The topological polar surface area (TPSA) is 70.0 Å². The summed E-state index contributed by atoms with van der Waals surface area (Å²) in [5.74, 6) is -1.24. The number of allylic oxidation sites excluding steroid dienone is 8. The SMILES string of the molecule is CC/C(=C\C=C(/C)C(CCC(C)(C)C)N1C(=O)C(C2C=C(Cl)C=C(Cl)C2)=NC12CCC(=C(C)C)CC2)C(=O)O. The number of hydrogen-bond acceptors (Lipinski definition) is 3. The Morgan fingerprint density at radius 1 is 1.21 bits per heavy atom. The monoisotopic (exact) mass is 574 g/mol. The third kappa shape index (κ3) is 7.55. The Kier molecular flexibility index (Phi) is 10.1. The molecule has 0 aromatic heterocycles. The van der Waals surface area contributed by atoms with Crippen LogP contribution in [0.1, 0.15) is 99.8 Å². The lowest BCUT2D eigenvalue weighted by Crippen LogP contribution is -2.54. The third-order valence-corrected chi connectivity index (χ3v) is 8.70. The molecule has 3 aliphatic rings. The zero-order valence-electron chi connectivity index (χ0n) is 24.5. The molecule has 1 fully saturated rings. The molecule has 7 heteroatoms. The van der Waals surface area contributed by atoms with Crippen LogP contribution >= 0.6 is 23.2 Å². The number of hydrogen-bond donors (Lipinski definition) is 1. The van der Waals surface area contributed by atoms with Gasteiger partial charge in [0.2, 0.25) is 0 Å². The molecule has 1 amide bonds. The van der Waals surface area contributed by atoms with Gasteiger partial charge in [0, 0.05) is 21.6 Å². The summed E-state index contributed by atoms with van der Waals surface area (Å²) in [6, 6.07) is -0.205. The highest BCUT2D eigenvalue weighted by Crippen LogP contribution is 2.46. The molecule has 214 valence electrons. The van der Waals surface area contributed by atoms with Crippen molar-refractivity contribution in [2.75, 3.05) is 0 Å². The van der Waals surface area contributed by atoms with Gasteiger partial charge in [0.25, 0.3) is 5.91 Å². The highest BCUT2D eigenvalue weighted by atomic mass is 35.5. The fourth-order valence-electron chi connectivity index (χ4n) is 5.82. The molecule has 0 radical (unpaired) electrons. The van der Waals surface area contributed by atoms with E-state index in [4.69, 9.17) is 28.2 Å². The average Bonchev–Trinajstić information content (AvgIpc) is 3.10. The molecule has 0 bridgehead atoms. The molecule has 1 aliphatic heterocycles. The summed E-state index contributed by atoms with van der Waals surface area (Å²) in [5.41, 5.74) is 4.07. The number of aliphatic carboxylic acids is 1. The van der Waals surface area contributed by atoms with Crippen LogP contribution in [-0.2, 0) is 9.59 Å². The largest absolute Gasteiger partial charge is 0.478 e. The number of rotatable bonds is 8. The molecule has 1 spiro atoms. The van der Waals surface area contributed by atoms with Gasteiger partial charge in [-0.3, -0.25) is 9.79 Å². The van der Waals surface area contributed by atoms with E-state index in [2.05, 4.69) is 34.6 Å². The molecule has 0 aromatic carbocycles. The maximum atomic E-state index is 14.4. The molecule has 1 saturated carbocycles. The molecule has 2 unspecified atom stereocenters. The van der Waals surface area contributed by atoms with Crippen LogP contribution in [0.3, 0.4) is 0 Å². The normalized spacial score (nSPS) is 25.5. The van der Waals surface area contributed by atoms with Crippen molar-refractivity contribution < 1.29 is 14.7 Å². The number of nitrogens with zero attached hydrogens (tertiary/aromatic N) is 2. The van der Waals surface area contributed by atoms with Crippen molar-refractivity contribution in [2.45, 2.75) is 112 Å². The van der Waals surface area contributed by atoms with Crippen LogP contribution in [0.4, 0.5) is 0 Å². The molecule has 2 atom stereocenters. The van der Waals surface area contributed by atoms with E-state index in [-0.39, 0.29) is 23.3 Å². The molecule has 1 heterocycles. The van der Waals surface area contributed by atoms with Crippen LogP contribution < -0.4 is 0 Å². The molecule has 39 heavy (non-hydrogen) atoms. The molecule has 0 saturated heterocycles. The standard InChI is InChI=1S/C32H44Cl2N2O3/c1-8-22(30(38)39)10-9-21(4)27(13-14-31(5,6)7)36-29(37)28(24-17-25(33)19-26(34)18-24)35-32(36)15-11-23(12-16-32)20(2)3/h9-10,17,19,24,27H,8,11-16,18H2,1-7H3,(H,38,39)/b21-9+,22-10+. The predicted octanol–water partition coefficient (Wildman–Crippen LogP) is 8.70. The highest BCUT2D eigenvalue weighted by Gasteiger charge is 2.52. The average molecular weight is 576 g/mol. The van der Waals surface area contributed by atoms with E-state index in [9.17, 15) is 14.7 Å². The lowest BCUT2D eigenvalue weighted by atomic mass is 9.81. The maximum absolute atomic E-state index is 14.4. The predicted molar refractivity (Wildman–Crippen MR) is 162 cm³/mol. The molecule has 2 aliphatic carbocycles. The van der Waals surface area contributed by atoms with Gasteiger partial charge >= 0.3 is 5.97 Å². The van der Waals surface area contributed by atoms with Gasteiger partial charge in [-0.2, -0.15) is 0 Å². The van der Waals surface area contributed by atoms with Crippen LogP contribution in [0.15, 0.2) is 61.7 Å². The van der Waals surface area contributed by atoms with Crippen molar-refractivity contribution in [1.82, 2.24) is 4.90 Å². The van der Waals surface area contributed by atoms with E-state index in [1.54, 1.807) is 12.2 Å². The van der Waals surface area contributed by atoms with Crippen LogP contribution in [0.2, 0.25) is 0 Å². The zero-order valence-corrected chi connectivity index (χ0v) is 26.0. The number of aliphatic imine (C=N–C) groups is 1. The molecular weight excluding hydrogens is 531 g/mol. The summed E-state index contributed by atoms with van der Waals surface area (Å²) in [5, 5.41) is 10.7.